The zero-order valence-corrected chi connectivity index (χ0v) is 40.3. The number of likely N-dealkylation sites (N-methyl/N-ethyl adjacent to an activating group) is 1. The van der Waals surface area contributed by atoms with Crippen molar-refractivity contribution < 1.29 is 38.2 Å². The smallest absolute Gasteiger partial charge is 0.257 e. The van der Waals surface area contributed by atoms with Crippen molar-refractivity contribution in [2.45, 2.75) is 70.9 Å². The molecule has 0 aliphatic carbocycles. The number of nitrogens with one attached hydrogen (secondary N) is 1. The van der Waals surface area contributed by atoms with Crippen LogP contribution >= 0.6 is 11.3 Å². The van der Waals surface area contributed by atoms with Crippen molar-refractivity contribution in [3.05, 3.63) is 148 Å². The minimum atomic E-state index is -1.11. The van der Waals surface area contributed by atoms with Crippen LogP contribution in [0.2, 0.25) is 0 Å². The minimum Gasteiger partial charge on any atom is -0.508 e. The summed E-state index contributed by atoms with van der Waals surface area (Å²) in [5.41, 5.74) is 8.99. The van der Waals surface area contributed by atoms with Crippen LogP contribution in [0.3, 0.4) is 0 Å². The number of amidine groups is 1. The first-order valence-electron chi connectivity index (χ1n) is 23.4. The highest BCUT2D eigenvalue weighted by Crippen LogP contribution is 2.37. The Hall–Kier alpha value is -7.10. The summed E-state index contributed by atoms with van der Waals surface area (Å²) in [7, 11) is 1.77. The molecule has 69 heavy (non-hydrogen) atoms. The number of aromatic hydroxyl groups is 1. The van der Waals surface area contributed by atoms with Gasteiger partial charge in [-0.1, -0.05) is 85.8 Å². The first-order chi connectivity index (χ1) is 33.5. The molecule has 0 saturated carbocycles. The summed E-state index contributed by atoms with van der Waals surface area (Å²) in [6, 6.07) is 34.7. The van der Waals surface area contributed by atoms with E-state index in [4.69, 9.17) is 23.7 Å². The van der Waals surface area contributed by atoms with Crippen LogP contribution in [0.1, 0.15) is 79.7 Å². The summed E-state index contributed by atoms with van der Waals surface area (Å²) in [4.78, 5) is 53.5. The average molecular weight is 951 g/mol. The van der Waals surface area contributed by atoms with Crippen LogP contribution in [0, 0.1) is 6.92 Å². The molecule has 2 aromatic heterocycles. The third kappa shape index (κ3) is 11.6. The van der Waals surface area contributed by atoms with E-state index in [-0.39, 0.29) is 55.0 Å². The van der Waals surface area contributed by atoms with Gasteiger partial charge in [0, 0.05) is 32.7 Å². The highest BCUT2D eigenvalue weighted by atomic mass is 32.1. The summed E-state index contributed by atoms with van der Waals surface area (Å²) in [6.45, 7) is 8.13. The molecule has 4 heterocycles. The molecule has 8 rings (SSSR count). The molecule has 0 spiro atoms. The van der Waals surface area contributed by atoms with E-state index in [1.807, 2.05) is 91.3 Å². The van der Waals surface area contributed by atoms with Gasteiger partial charge in [-0.15, -0.1) is 11.3 Å². The third-order valence-electron chi connectivity index (χ3n) is 12.6. The minimum absolute atomic E-state index is 0.000904. The van der Waals surface area contributed by atoms with Crippen LogP contribution in [0.25, 0.3) is 21.6 Å². The molecule has 4 aromatic carbocycles. The van der Waals surface area contributed by atoms with Crippen molar-refractivity contribution in [1.82, 2.24) is 25.3 Å². The lowest BCUT2D eigenvalue weighted by Gasteiger charge is -2.24. The number of hydrogen-bond acceptors (Lipinski definition) is 12. The monoisotopic (exact) mass is 950 g/mol. The number of ether oxygens (including phenoxy) is 3. The molecular weight excluding hydrogens is 893 g/mol. The van der Waals surface area contributed by atoms with Crippen LogP contribution in [-0.4, -0.2) is 101 Å². The Bertz CT molecular complexity index is 2770. The van der Waals surface area contributed by atoms with Crippen LogP contribution in [0.5, 0.6) is 17.4 Å². The molecule has 0 bridgehead atoms. The second-order valence-corrected chi connectivity index (χ2v) is 18.1. The number of aliphatic imine (C=N–C) groups is 1. The first-order valence-corrected chi connectivity index (χ1v) is 24.3. The zero-order chi connectivity index (χ0) is 48.3. The van der Waals surface area contributed by atoms with E-state index < -0.39 is 5.54 Å². The fourth-order valence-electron chi connectivity index (χ4n) is 8.76. The van der Waals surface area contributed by atoms with E-state index in [0.717, 1.165) is 56.8 Å². The molecule has 3 amide bonds. The number of benzene rings is 4. The number of aromatic nitrogens is 2. The van der Waals surface area contributed by atoms with Crippen LogP contribution in [-0.2, 0) is 31.1 Å². The standard InChI is InChI=1S/C54H58N6O8S/c1-5-45(37-11-7-6-8-12-37)50(38-17-23-42(61)24-18-38)39-19-25-43(26-20-39)66-30-28-59(4)48(62)14-10-29-65-31-32-67-47-33-44(68-58-47)34-49(63)60-27-9-13-46(60)52-56-53(64)54(3,57-52)41-21-15-40(16-22-41)51-36(2)55-35-69-51/h6-8,11-12,15-26,33,35,46,61H,5,9-10,13-14,27-32,34H2,1-4H3,(H,56,57,64)/b50-45-/t46-,54-/m0/s1. The van der Waals surface area contributed by atoms with Crippen LogP contribution < -0.4 is 14.8 Å². The second-order valence-electron chi connectivity index (χ2n) is 17.3. The SMILES string of the molecule is CC/C(=C(\c1ccc(O)cc1)c1ccc(OCCN(C)C(=O)CCCOCCOc2cc(CC(=O)N3CCC[C@H]3C3=N[C@@](C)(c4ccc(-c5scnc5C)cc4)C(=O)N3)on2)cc1)c1ccccc1. The molecule has 2 N–H and O–H groups in total. The van der Waals surface area contributed by atoms with Crippen molar-refractivity contribution in [1.29, 1.82) is 0 Å². The Morgan fingerprint density at radius 1 is 0.928 bits per heavy atom. The summed E-state index contributed by atoms with van der Waals surface area (Å²) in [5.74, 6) is 1.66. The normalized spacial score (nSPS) is 17.0. The number of phenolic OH excluding ortho intramolecular Hbond substituents is 1. The highest BCUT2D eigenvalue weighted by molar-refractivity contribution is 7.13. The number of carbonyl (C=O) groups excluding carboxylic acids is 3. The van der Waals surface area contributed by atoms with Gasteiger partial charge in [0.25, 0.3) is 11.8 Å². The predicted octanol–water partition coefficient (Wildman–Crippen LogP) is 8.87. The largest absolute Gasteiger partial charge is 0.508 e. The molecule has 1 fully saturated rings. The van der Waals surface area contributed by atoms with Crippen molar-refractivity contribution in [2.75, 3.05) is 46.6 Å². The summed E-state index contributed by atoms with van der Waals surface area (Å²) >= 11 is 1.58. The maximum atomic E-state index is 13.5. The van der Waals surface area contributed by atoms with Crippen LogP contribution in [0.15, 0.2) is 124 Å². The number of nitrogens with zero attached hydrogens (tertiary/aromatic N) is 5. The number of allylic oxidation sites excluding steroid dienone is 1. The van der Waals surface area contributed by atoms with E-state index in [1.54, 1.807) is 53.3 Å². The van der Waals surface area contributed by atoms with Gasteiger partial charge in [0.15, 0.2) is 5.54 Å². The van der Waals surface area contributed by atoms with E-state index in [9.17, 15) is 19.5 Å². The van der Waals surface area contributed by atoms with Gasteiger partial charge < -0.3 is 39.0 Å². The Kier molecular flexibility index (Phi) is 15.7. The molecule has 0 radical (unpaired) electrons. The van der Waals surface area contributed by atoms with Gasteiger partial charge in [-0.05, 0) is 108 Å². The summed E-state index contributed by atoms with van der Waals surface area (Å²) in [6.07, 6.45) is 3.17. The number of rotatable bonds is 21. The second kappa shape index (κ2) is 22.3. The zero-order valence-electron chi connectivity index (χ0n) is 39.5. The Labute approximate surface area is 406 Å². The maximum absolute atomic E-state index is 13.5. The molecular formula is C54H58N6O8S. The molecule has 2 aliphatic heterocycles. The van der Waals surface area contributed by atoms with Crippen molar-refractivity contribution >= 4 is 46.0 Å². The number of carbonyl (C=O) groups is 3. The highest BCUT2D eigenvalue weighted by Gasteiger charge is 2.45. The quantitative estimate of drug-likeness (QED) is 0.0525. The number of amides is 3. The molecule has 2 aliphatic rings. The van der Waals surface area contributed by atoms with Gasteiger partial charge in [0.05, 0.1) is 41.7 Å². The molecule has 358 valence electrons. The number of aryl methyl sites for hydroxylation is 1. The third-order valence-corrected chi connectivity index (χ3v) is 13.6. The molecule has 6 aromatic rings. The molecule has 15 heteroatoms. The van der Waals surface area contributed by atoms with E-state index in [1.165, 1.54) is 5.57 Å². The number of thiazole rings is 1. The van der Waals surface area contributed by atoms with Gasteiger partial charge in [0.2, 0.25) is 11.8 Å². The predicted molar refractivity (Wildman–Crippen MR) is 266 cm³/mol. The molecule has 0 unspecified atom stereocenters. The van der Waals surface area contributed by atoms with Gasteiger partial charge in [-0.25, -0.2) is 9.98 Å². The molecule has 1 saturated heterocycles. The Morgan fingerprint density at radius 3 is 2.38 bits per heavy atom. The Morgan fingerprint density at radius 2 is 1.67 bits per heavy atom. The fourth-order valence-corrected chi connectivity index (χ4v) is 9.57. The fraction of sp³-hybridized carbons (Fsp3) is 0.333. The number of phenols is 1. The summed E-state index contributed by atoms with van der Waals surface area (Å²) in [5, 5.41) is 16.9. The van der Waals surface area contributed by atoms with Gasteiger partial charge in [0.1, 0.15) is 36.3 Å². The summed E-state index contributed by atoms with van der Waals surface area (Å²) < 4.78 is 22.9. The van der Waals surface area contributed by atoms with E-state index in [2.05, 4.69) is 34.5 Å². The topological polar surface area (TPSA) is 169 Å². The lowest BCUT2D eigenvalue weighted by atomic mass is 9.88. The van der Waals surface area contributed by atoms with Gasteiger partial charge in [-0.2, -0.15) is 0 Å². The Balaban J connectivity index is 0.726. The van der Waals surface area contributed by atoms with Crippen molar-refractivity contribution in [2.24, 2.45) is 4.99 Å². The number of likely N-dealkylation sites (tertiary alicyclic amines) is 1. The van der Waals surface area contributed by atoms with E-state index >= 15 is 0 Å². The number of hydrogen-bond donors (Lipinski definition) is 2. The maximum Gasteiger partial charge on any atom is 0.257 e. The van der Waals surface area contributed by atoms with Gasteiger partial charge in [-0.3, -0.25) is 14.4 Å². The van der Waals surface area contributed by atoms with Crippen LogP contribution in [0.4, 0.5) is 0 Å². The van der Waals surface area contributed by atoms with Gasteiger partial charge >= 0.3 is 0 Å². The van der Waals surface area contributed by atoms with E-state index in [0.29, 0.717) is 62.9 Å². The average Bonchev–Trinajstić information content (AvgIpc) is 4.19. The van der Waals surface area contributed by atoms with Crippen molar-refractivity contribution in [3.63, 3.8) is 0 Å². The lowest BCUT2D eigenvalue weighted by molar-refractivity contribution is -0.131. The lowest BCUT2D eigenvalue weighted by Crippen LogP contribution is -2.46. The first kappa shape index (κ1) is 48.4. The molecule has 14 nitrogen and oxygen atoms in total. The molecule has 2 atom stereocenters. The van der Waals surface area contributed by atoms with Crippen molar-refractivity contribution in [3.8, 4) is 27.8 Å².